The maximum Gasteiger partial charge on any atom is 0.0439 e. The molecular formula is C16H16BrCl2N. The van der Waals surface area contributed by atoms with Crippen molar-refractivity contribution in [1.82, 2.24) is 5.32 Å². The van der Waals surface area contributed by atoms with Crippen molar-refractivity contribution >= 4 is 39.1 Å². The SMILES string of the molecule is CNC(Cc1cc(Cl)ccc1Cl)c1ccc(Br)c(C)c1. The average Bonchev–Trinajstić information content (AvgIpc) is 2.43. The highest BCUT2D eigenvalue weighted by Crippen LogP contribution is 2.28. The summed E-state index contributed by atoms with van der Waals surface area (Å²) in [6.07, 6.45) is 0.803. The topological polar surface area (TPSA) is 12.0 Å². The van der Waals surface area contributed by atoms with Crippen LogP contribution in [-0.2, 0) is 6.42 Å². The zero-order valence-corrected chi connectivity index (χ0v) is 14.5. The first-order chi connectivity index (χ1) is 9.51. The van der Waals surface area contributed by atoms with Crippen LogP contribution in [0.5, 0.6) is 0 Å². The number of likely N-dealkylation sites (N-methyl/N-ethyl adjacent to an activating group) is 1. The number of hydrogen-bond acceptors (Lipinski definition) is 1. The number of benzene rings is 2. The molecule has 0 saturated heterocycles. The van der Waals surface area contributed by atoms with Crippen LogP contribution in [-0.4, -0.2) is 7.05 Å². The summed E-state index contributed by atoms with van der Waals surface area (Å²) in [4.78, 5) is 0. The number of rotatable bonds is 4. The second-order valence-corrected chi connectivity index (χ2v) is 6.49. The molecule has 1 N–H and O–H groups in total. The van der Waals surface area contributed by atoms with E-state index in [2.05, 4.69) is 46.4 Å². The maximum atomic E-state index is 6.25. The summed E-state index contributed by atoms with van der Waals surface area (Å²) in [5, 5.41) is 4.81. The molecule has 0 spiro atoms. The Kier molecular flexibility index (Phi) is 5.50. The molecule has 20 heavy (non-hydrogen) atoms. The van der Waals surface area contributed by atoms with E-state index in [1.54, 1.807) is 0 Å². The van der Waals surface area contributed by atoms with Crippen molar-refractivity contribution in [2.45, 2.75) is 19.4 Å². The van der Waals surface area contributed by atoms with Gasteiger partial charge in [0.2, 0.25) is 0 Å². The first-order valence-corrected chi connectivity index (χ1v) is 7.93. The first kappa shape index (κ1) is 15.8. The minimum atomic E-state index is 0.206. The van der Waals surface area contributed by atoms with Crippen LogP contribution in [0.25, 0.3) is 0 Å². The molecule has 106 valence electrons. The Morgan fingerprint density at radius 2 is 1.90 bits per heavy atom. The van der Waals surface area contributed by atoms with Gasteiger partial charge >= 0.3 is 0 Å². The molecule has 0 heterocycles. The van der Waals surface area contributed by atoms with E-state index < -0.39 is 0 Å². The summed E-state index contributed by atoms with van der Waals surface area (Å²) in [6, 6.07) is 12.2. The largest absolute Gasteiger partial charge is 0.313 e. The van der Waals surface area contributed by atoms with Gasteiger partial charge in [-0.25, -0.2) is 0 Å². The predicted molar refractivity (Wildman–Crippen MR) is 90.8 cm³/mol. The summed E-state index contributed by atoms with van der Waals surface area (Å²) < 4.78 is 1.12. The van der Waals surface area contributed by atoms with Gasteiger partial charge in [0.05, 0.1) is 0 Å². The lowest BCUT2D eigenvalue weighted by atomic mass is 9.97. The van der Waals surface area contributed by atoms with Crippen molar-refractivity contribution in [2.24, 2.45) is 0 Å². The van der Waals surface area contributed by atoms with E-state index in [4.69, 9.17) is 23.2 Å². The Morgan fingerprint density at radius 1 is 1.15 bits per heavy atom. The maximum absolute atomic E-state index is 6.25. The van der Waals surface area contributed by atoms with E-state index in [9.17, 15) is 0 Å². The van der Waals surface area contributed by atoms with Crippen LogP contribution in [0.15, 0.2) is 40.9 Å². The highest BCUT2D eigenvalue weighted by Gasteiger charge is 2.13. The minimum absolute atomic E-state index is 0.206. The molecule has 2 rings (SSSR count). The molecule has 0 aliphatic heterocycles. The van der Waals surface area contributed by atoms with Gasteiger partial charge in [0.1, 0.15) is 0 Å². The normalized spacial score (nSPS) is 12.4. The van der Waals surface area contributed by atoms with Crippen molar-refractivity contribution in [3.05, 3.63) is 67.6 Å². The zero-order chi connectivity index (χ0) is 14.7. The third kappa shape index (κ3) is 3.76. The van der Waals surface area contributed by atoms with Crippen LogP contribution in [0.3, 0.4) is 0 Å². The molecule has 0 aliphatic carbocycles. The number of halogens is 3. The molecule has 0 aliphatic rings. The van der Waals surface area contributed by atoms with Gasteiger partial charge in [0.25, 0.3) is 0 Å². The van der Waals surface area contributed by atoms with E-state index in [1.165, 1.54) is 11.1 Å². The van der Waals surface area contributed by atoms with Crippen molar-refractivity contribution in [1.29, 1.82) is 0 Å². The Morgan fingerprint density at radius 3 is 2.55 bits per heavy atom. The van der Waals surface area contributed by atoms with Crippen molar-refractivity contribution in [2.75, 3.05) is 7.05 Å². The highest BCUT2D eigenvalue weighted by atomic mass is 79.9. The average molecular weight is 373 g/mol. The fourth-order valence-electron chi connectivity index (χ4n) is 2.19. The van der Waals surface area contributed by atoms with Crippen LogP contribution >= 0.6 is 39.1 Å². The summed E-state index contributed by atoms with van der Waals surface area (Å²) >= 11 is 15.8. The first-order valence-electron chi connectivity index (χ1n) is 6.38. The number of aryl methyl sites for hydroxylation is 1. The van der Waals surface area contributed by atoms with Crippen LogP contribution in [0, 0.1) is 6.92 Å². The summed E-state index contributed by atoms with van der Waals surface area (Å²) in [6.45, 7) is 2.09. The van der Waals surface area contributed by atoms with Crippen molar-refractivity contribution in [3.8, 4) is 0 Å². The quantitative estimate of drug-likeness (QED) is 0.739. The number of nitrogens with one attached hydrogen (secondary N) is 1. The Hall–Kier alpha value is -0.540. The fraction of sp³-hybridized carbons (Fsp3) is 0.250. The van der Waals surface area contributed by atoms with E-state index in [0.717, 1.165) is 21.5 Å². The lowest BCUT2D eigenvalue weighted by Crippen LogP contribution is -2.19. The molecule has 2 aromatic carbocycles. The molecule has 0 fully saturated rings. The van der Waals surface area contributed by atoms with Gasteiger partial charge in [-0.3, -0.25) is 0 Å². The van der Waals surface area contributed by atoms with Crippen LogP contribution in [0.4, 0.5) is 0 Å². The standard InChI is InChI=1S/C16H16BrCl2N/c1-10-7-11(3-5-14(10)17)16(20-2)9-12-8-13(18)4-6-15(12)19/h3-8,16,20H,9H2,1-2H3. The fourth-order valence-corrected chi connectivity index (χ4v) is 2.83. The van der Waals surface area contributed by atoms with E-state index in [-0.39, 0.29) is 6.04 Å². The van der Waals surface area contributed by atoms with Gasteiger partial charge in [-0.15, -0.1) is 0 Å². The lowest BCUT2D eigenvalue weighted by molar-refractivity contribution is 0.591. The zero-order valence-electron chi connectivity index (χ0n) is 11.4. The molecule has 4 heteroatoms. The lowest BCUT2D eigenvalue weighted by Gasteiger charge is -2.18. The summed E-state index contributed by atoms with van der Waals surface area (Å²) in [7, 11) is 1.96. The molecule has 1 nitrogen and oxygen atoms in total. The van der Waals surface area contributed by atoms with Crippen molar-refractivity contribution < 1.29 is 0 Å². The molecule has 0 bridgehead atoms. The Labute approximate surface area is 138 Å². The van der Waals surface area contributed by atoms with E-state index >= 15 is 0 Å². The van der Waals surface area contributed by atoms with Crippen molar-refractivity contribution in [3.63, 3.8) is 0 Å². The molecule has 1 atom stereocenters. The van der Waals surface area contributed by atoms with E-state index in [0.29, 0.717) is 5.02 Å². The van der Waals surface area contributed by atoms with Crippen LogP contribution < -0.4 is 5.32 Å². The smallest absolute Gasteiger partial charge is 0.0439 e. The van der Waals surface area contributed by atoms with Gasteiger partial charge in [0, 0.05) is 20.6 Å². The minimum Gasteiger partial charge on any atom is -0.313 e. The molecule has 0 saturated carbocycles. The van der Waals surface area contributed by atoms with Gasteiger partial charge in [-0.2, -0.15) is 0 Å². The van der Waals surface area contributed by atoms with Gasteiger partial charge in [-0.1, -0.05) is 51.3 Å². The highest BCUT2D eigenvalue weighted by molar-refractivity contribution is 9.10. The second kappa shape index (κ2) is 6.95. The third-order valence-corrected chi connectivity index (χ3v) is 4.86. The Bertz CT molecular complexity index is 613. The van der Waals surface area contributed by atoms with Gasteiger partial charge < -0.3 is 5.32 Å². The van der Waals surface area contributed by atoms with E-state index in [1.807, 2.05) is 25.2 Å². The summed E-state index contributed by atoms with van der Waals surface area (Å²) in [5.74, 6) is 0. The monoisotopic (exact) mass is 371 g/mol. The van der Waals surface area contributed by atoms with Gasteiger partial charge in [0.15, 0.2) is 0 Å². The molecular weight excluding hydrogens is 357 g/mol. The van der Waals surface area contributed by atoms with Gasteiger partial charge in [-0.05, 0) is 61.3 Å². The third-order valence-electron chi connectivity index (χ3n) is 3.36. The molecule has 2 aromatic rings. The number of hydrogen-bond donors (Lipinski definition) is 1. The predicted octanol–water partition coefficient (Wildman–Crippen LogP) is 5.57. The Balaban J connectivity index is 2.28. The van der Waals surface area contributed by atoms with Crippen LogP contribution in [0.2, 0.25) is 10.0 Å². The molecule has 1 unspecified atom stereocenters. The molecule has 0 aromatic heterocycles. The second-order valence-electron chi connectivity index (χ2n) is 4.79. The summed E-state index contributed by atoms with van der Waals surface area (Å²) in [5.41, 5.74) is 3.52. The molecule has 0 radical (unpaired) electrons. The van der Waals surface area contributed by atoms with Crippen LogP contribution in [0.1, 0.15) is 22.7 Å². The molecule has 0 amide bonds.